The Labute approximate surface area is 134 Å². The third kappa shape index (κ3) is 2.64. The summed E-state index contributed by atoms with van der Waals surface area (Å²) in [5.74, 6) is 0.996. The summed E-state index contributed by atoms with van der Waals surface area (Å²) in [6.45, 7) is 4.23. The molecule has 1 aliphatic rings. The van der Waals surface area contributed by atoms with E-state index in [0.717, 1.165) is 0 Å². The van der Waals surface area contributed by atoms with Gasteiger partial charge in [-0.2, -0.15) is 9.29 Å². The van der Waals surface area contributed by atoms with E-state index in [9.17, 15) is 8.42 Å². The average molecular weight is 342 g/mol. The summed E-state index contributed by atoms with van der Waals surface area (Å²) in [7, 11) is -3.57. The van der Waals surface area contributed by atoms with E-state index in [2.05, 4.69) is 10.1 Å². The molecule has 1 unspecified atom stereocenters. The average Bonchev–Trinajstić information content (AvgIpc) is 3.10. The van der Waals surface area contributed by atoms with Crippen LogP contribution in [0.4, 0.5) is 0 Å². The summed E-state index contributed by atoms with van der Waals surface area (Å²) in [5.41, 5.74) is 0.571. The van der Waals surface area contributed by atoms with Crippen molar-refractivity contribution in [2.45, 2.75) is 31.1 Å². The molecular weight excluding hydrogens is 326 g/mol. The molecule has 0 amide bonds. The van der Waals surface area contributed by atoms with E-state index in [0.29, 0.717) is 41.8 Å². The van der Waals surface area contributed by atoms with E-state index < -0.39 is 10.0 Å². The van der Waals surface area contributed by atoms with Crippen LogP contribution in [0.15, 0.2) is 27.6 Å². The summed E-state index contributed by atoms with van der Waals surface area (Å²) in [5, 5.41) is 4.21. The second-order valence-corrected chi connectivity index (χ2v) is 7.71. The first-order chi connectivity index (χ1) is 10.4. The van der Waals surface area contributed by atoms with Crippen LogP contribution in [0, 0.1) is 13.8 Å². The van der Waals surface area contributed by atoms with Gasteiger partial charge in [-0.3, -0.25) is 0 Å². The van der Waals surface area contributed by atoms with Gasteiger partial charge in [0.1, 0.15) is 0 Å². The van der Waals surface area contributed by atoms with Gasteiger partial charge in [-0.1, -0.05) is 22.8 Å². The van der Waals surface area contributed by atoms with Gasteiger partial charge in [-0.25, -0.2) is 8.42 Å². The molecule has 2 aromatic rings. The van der Waals surface area contributed by atoms with Crippen molar-refractivity contribution in [3.8, 4) is 0 Å². The van der Waals surface area contributed by atoms with Gasteiger partial charge >= 0.3 is 0 Å². The van der Waals surface area contributed by atoms with Crippen LogP contribution in [0.2, 0.25) is 5.02 Å². The molecule has 0 spiro atoms. The van der Waals surface area contributed by atoms with E-state index >= 15 is 0 Å². The normalized spacial score (nSPS) is 19.7. The second kappa shape index (κ2) is 5.64. The Hall–Kier alpha value is -1.44. The van der Waals surface area contributed by atoms with Gasteiger partial charge in [-0.05, 0) is 38.0 Å². The van der Waals surface area contributed by atoms with Crippen molar-refractivity contribution in [1.29, 1.82) is 0 Å². The van der Waals surface area contributed by atoms with Gasteiger partial charge in [0.2, 0.25) is 15.9 Å². The Morgan fingerprint density at radius 3 is 2.82 bits per heavy atom. The number of sulfonamides is 1. The van der Waals surface area contributed by atoms with Crippen molar-refractivity contribution in [3.05, 3.63) is 40.5 Å². The second-order valence-electron chi connectivity index (χ2n) is 5.39. The maximum absolute atomic E-state index is 12.8. The lowest BCUT2D eigenvalue weighted by atomic mass is 10.1. The first-order valence-corrected chi connectivity index (χ1v) is 8.77. The fourth-order valence-corrected chi connectivity index (χ4v) is 4.61. The number of aryl methyl sites for hydroxylation is 1. The number of hydrogen-bond acceptors (Lipinski definition) is 5. The fraction of sp³-hybridized carbons (Fsp3) is 0.429. The predicted molar refractivity (Wildman–Crippen MR) is 81.3 cm³/mol. The zero-order valence-electron chi connectivity index (χ0n) is 12.3. The van der Waals surface area contributed by atoms with Crippen molar-refractivity contribution >= 4 is 21.6 Å². The van der Waals surface area contributed by atoms with Crippen LogP contribution in [0.3, 0.4) is 0 Å². The third-order valence-corrected chi connectivity index (χ3v) is 6.30. The maximum Gasteiger partial charge on any atom is 0.243 e. The van der Waals surface area contributed by atoms with Gasteiger partial charge in [0, 0.05) is 18.1 Å². The highest BCUT2D eigenvalue weighted by Gasteiger charge is 2.36. The highest BCUT2D eigenvalue weighted by molar-refractivity contribution is 7.89. The monoisotopic (exact) mass is 341 g/mol. The van der Waals surface area contributed by atoms with Crippen molar-refractivity contribution in [3.63, 3.8) is 0 Å². The van der Waals surface area contributed by atoms with E-state index in [1.807, 2.05) is 0 Å². The molecule has 1 fully saturated rings. The zero-order valence-corrected chi connectivity index (χ0v) is 13.9. The Bertz CT molecular complexity index is 803. The first kappa shape index (κ1) is 15.5. The van der Waals surface area contributed by atoms with Crippen LogP contribution >= 0.6 is 11.6 Å². The lowest BCUT2D eigenvalue weighted by Crippen LogP contribution is -2.29. The number of hydrogen-bond donors (Lipinski definition) is 0. The number of nitrogens with zero attached hydrogens (tertiary/aromatic N) is 3. The molecule has 1 aromatic carbocycles. The van der Waals surface area contributed by atoms with Crippen LogP contribution < -0.4 is 0 Å². The molecule has 0 saturated carbocycles. The minimum Gasteiger partial charge on any atom is -0.339 e. The molecule has 8 heteroatoms. The summed E-state index contributed by atoms with van der Waals surface area (Å²) in [4.78, 5) is 4.45. The minimum absolute atomic E-state index is 0.0598. The quantitative estimate of drug-likeness (QED) is 0.857. The predicted octanol–water partition coefficient (Wildman–Crippen LogP) is 2.52. The molecule has 1 atom stereocenters. The van der Waals surface area contributed by atoms with Crippen LogP contribution in [0.25, 0.3) is 0 Å². The lowest BCUT2D eigenvalue weighted by molar-refractivity contribution is 0.351. The topological polar surface area (TPSA) is 76.3 Å². The van der Waals surface area contributed by atoms with Crippen LogP contribution in [-0.4, -0.2) is 36.0 Å². The molecule has 3 rings (SSSR count). The van der Waals surface area contributed by atoms with E-state index in [1.165, 1.54) is 4.31 Å². The molecule has 22 heavy (non-hydrogen) atoms. The number of rotatable bonds is 3. The summed E-state index contributed by atoms with van der Waals surface area (Å²) < 4.78 is 32.2. The minimum atomic E-state index is -3.57. The van der Waals surface area contributed by atoms with Crippen molar-refractivity contribution in [2.24, 2.45) is 0 Å². The summed E-state index contributed by atoms with van der Waals surface area (Å²) in [6.07, 6.45) is 0.667. The zero-order chi connectivity index (χ0) is 15.9. The van der Waals surface area contributed by atoms with Crippen LogP contribution in [0.5, 0.6) is 0 Å². The Kier molecular flexibility index (Phi) is 3.96. The van der Waals surface area contributed by atoms with Crippen LogP contribution in [-0.2, 0) is 10.0 Å². The van der Waals surface area contributed by atoms with Gasteiger partial charge < -0.3 is 4.52 Å². The van der Waals surface area contributed by atoms with Crippen molar-refractivity contribution < 1.29 is 12.9 Å². The molecule has 0 radical (unpaired) electrons. The Morgan fingerprint density at radius 2 is 2.14 bits per heavy atom. The van der Waals surface area contributed by atoms with Gasteiger partial charge in [-0.15, -0.1) is 0 Å². The Balaban J connectivity index is 1.87. The Morgan fingerprint density at radius 1 is 1.36 bits per heavy atom. The van der Waals surface area contributed by atoms with Crippen molar-refractivity contribution in [2.75, 3.05) is 13.1 Å². The molecule has 1 aliphatic heterocycles. The SMILES string of the molecule is Cc1noc(C2CCN(S(=O)(=O)c3cccc(Cl)c3C)C2)n1. The largest absolute Gasteiger partial charge is 0.339 e. The van der Waals surface area contributed by atoms with Gasteiger partial charge in [0.15, 0.2) is 5.82 Å². The molecule has 0 N–H and O–H groups in total. The number of aromatic nitrogens is 2. The molecule has 2 heterocycles. The molecule has 0 aliphatic carbocycles. The van der Waals surface area contributed by atoms with Crippen LogP contribution in [0.1, 0.15) is 29.6 Å². The number of halogens is 1. The third-order valence-electron chi connectivity index (χ3n) is 3.88. The highest BCUT2D eigenvalue weighted by atomic mass is 35.5. The first-order valence-electron chi connectivity index (χ1n) is 6.95. The maximum atomic E-state index is 12.8. The van der Waals surface area contributed by atoms with Gasteiger partial charge in [0.25, 0.3) is 0 Å². The summed E-state index contributed by atoms with van der Waals surface area (Å²) >= 11 is 6.04. The smallest absolute Gasteiger partial charge is 0.243 e. The molecule has 6 nitrogen and oxygen atoms in total. The van der Waals surface area contributed by atoms with E-state index in [-0.39, 0.29) is 10.8 Å². The molecule has 118 valence electrons. The summed E-state index contributed by atoms with van der Waals surface area (Å²) in [6, 6.07) is 4.92. The van der Waals surface area contributed by atoms with Crippen molar-refractivity contribution in [1.82, 2.24) is 14.4 Å². The highest BCUT2D eigenvalue weighted by Crippen LogP contribution is 2.32. The molecule has 1 aromatic heterocycles. The fourth-order valence-electron chi connectivity index (χ4n) is 2.63. The lowest BCUT2D eigenvalue weighted by Gasteiger charge is -2.18. The van der Waals surface area contributed by atoms with Gasteiger partial charge in [0.05, 0.1) is 10.8 Å². The van der Waals surface area contributed by atoms with E-state index in [1.54, 1.807) is 32.0 Å². The molecule has 0 bridgehead atoms. The van der Waals surface area contributed by atoms with E-state index in [4.69, 9.17) is 16.1 Å². The standard InChI is InChI=1S/C14H16ClN3O3S/c1-9-12(15)4-3-5-13(9)22(19,20)18-7-6-11(8-18)14-16-10(2)17-21-14/h3-5,11H,6-8H2,1-2H3. The number of benzene rings is 1. The molecular formula is C14H16ClN3O3S. The molecule has 1 saturated heterocycles.